The maximum Gasteiger partial charge on any atom is 0.230 e. The molecule has 18 heavy (non-hydrogen) atoms. The normalized spacial score (nSPS) is 11.0. The van der Waals surface area contributed by atoms with Gasteiger partial charge in [0.2, 0.25) is 5.89 Å². The van der Waals surface area contributed by atoms with Crippen LogP contribution in [0.15, 0.2) is 40.8 Å². The highest BCUT2D eigenvalue weighted by atomic mass is 19.1. The fourth-order valence-electron chi connectivity index (χ4n) is 1.72. The first kappa shape index (κ1) is 10.7. The molecular weight excluding hydrogens is 238 g/mol. The Hall–Kier alpha value is -2.43. The number of benzene rings is 2. The van der Waals surface area contributed by atoms with E-state index in [4.69, 9.17) is 10.2 Å². The standard InChI is InChI=1S/C13H8F2N2O/c14-7-1-3-9(10(15)5-7)13-17-11-4-2-8(16)6-12(11)18-13/h1-6H,16H2. The number of anilines is 1. The molecule has 0 fully saturated rings. The highest BCUT2D eigenvalue weighted by molar-refractivity contribution is 5.79. The average molecular weight is 246 g/mol. The van der Waals surface area contributed by atoms with Crippen molar-refractivity contribution >= 4 is 16.8 Å². The molecule has 2 N–H and O–H groups in total. The van der Waals surface area contributed by atoms with Crippen LogP contribution >= 0.6 is 0 Å². The molecule has 0 saturated carbocycles. The smallest absolute Gasteiger partial charge is 0.230 e. The summed E-state index contributed by atoms with van der Waals surface area (Å²) in [5.41, 5.74) is 7.30. The number of oxazole rings is 1. The molecule has 3 nitrogen and oxygen atoms in total. The molecule has 0 aliphatic rings. The van der Waals surface area contributed by atoms with Crippen LogP contribution in [0.5, 0.6) is 0 Å². The number of nitrogens with zero attached hydrogens (tertiary/aromatic N) is 1. The fraction of sp³-hybridized carbons (Fsp3) is 0. The lowest BCUT2D eigenvalue weighted by Crippen LogP contribution is -1.85. The Labute approximate surface area is 101 Å². The first-order valence-electron chi connectivity index (χ1n) is 5.25. The molecule has 0 unspecified atom stereocenters. The maximum absolute atomic E-state index is 13.6. The molecule has 2 aromatic carbocycles. The van der Waals surface area contributed by atoms with Gasteiger partial charge < -0.3 is 10.2 Å². The van der Waals surface area contributed by atoms with Crippen molar-refractivity contribution in [2.75, 3.05) is 5.73 Å². The zero-order valence-electron chi connectivity index (χ0n) is 9.15. The van der Waals surface area contributed by atoms with Crippen LogP contribution in [0, 0.1) is 11.6 Å². The summed E-state index contributed by atoms with van der Waals surface area (Å²) in [5, 5.41) is 0. The Morgan fingerprint density at radius 1 is 1.06 bits per heavy atom. The van der Waals surface area contributed by atoms with E-state index in [1.807, 2.05) is 0 Å². The summed E-state index contributed by atoms with van der Waals surface area (Å²) in [6.45, 7) is 0. The summed E-state index contributed by atoms with van der Waals surface area (Å²) in [7, 11) is 0. The molecular formula is C13H8F2N2O. The predicted molar refractivity (Wildman–Crippen MR) is 63.8 cm³/mol. The highest BCUT2D eigenvalue weighted by Gasteiger charge is 2.13. The van der Waals surface area contributed by atoms with Gasteiger partial charge in [-0.3, -0.25) is 0 Å². The third-order valence-corrected chi connectivity index (χ3v) is 2.57. The minimum absolute atomic E-state index is 0.105. The van der Waals surface area contributed by atoms with Gasteiger partial charge in [-0.15, -0.1) is 0 Å². The molecule has 3 aromatic rings. The van der Waals surface area contributed by atoms with Crippen molar-refractivity contribution in [2.24, 2.45) is 0 Å². The molecule has 0 aliphatic heterocycles. The minimum atomic E-state index is -0.713. The second-order valence-electron chi connectivity index (χ2n) is 3.87. The van der Waals surface area contributed by atoms with E-state index in [-0.39, 0.29) is 11.5 Å². The zero-order chi connectivity index (χ0) is 12.7. The summed E-state index contributed by atoms with van der Waals surface area (Å²) in [4.78, 5) is 4.13. The third kappa shape index (κ3) is 1.69. The van der Waals surface area contributed by atoms with Gasteiger partial charge in [-0.2, -0.15) is 0 Å². The summed E-state index contributed by atoms with van der Waals surface area (Å²) in [6.07, 6.45) is 0. The van der Waals surface area contributed by atoms with E-state index in [0.717, 1.165) is 12.1 Å². The van der Waals surface area contributed by atoms with Crippen molar-refractivity contribution in [2.45, 2.75) is 0 Å². The molecule has 1 heterocycles. The first-order chi connectivity index (χ1) is 8.63. The van der Waals surface area contributed by atoms with Gasteiger partial charge >= 0.3 is 0 Å². The monoisotopic (exact) mass is 246 g/mol. The van der Waals surface area contributed by atoms with Crippen molar-refractivity contribution in [3.63, 3.8) is 0 Å². The topological polar surface area (TPSA) is 52.0 Å². The van der Waals surface area contributed by atoms with Crippen LogP contribution in [0.3, 0.4) is 0 Å². The Bertz CT molecular complexity index is 737. The van der Waals surface area contributed by atoms with Gasteiger partial charge in [0.05, 0.1) is 5.56 Å². The number of hydrogen-bond acceptors (Lipinski definition) is 3. The van der Waals surface area contributed by atoms with E-state index in [1.54, 1.807) is 18.2 Å². The second-order valence-corrected chi connectivity index (χ2v) is 3.87. The van der Waals surface area contributed by atoms with Gasteiger partial charge in [-0.1, -0.05) is 0 Å². The van der Waals surface area contributed by atoms with Crippen molar-refractivity contribution in [1.82, 2.24) is 4.98 Å². The lowest BCUT2D eigenvalue weighted by Gasteiger charge is -1.97. The Morgan fingerprint density at radius 2 is 1.89 bits per heavy atom. The van der Waals surface area contributed by atoms with Crippen molar-refractivity contribution in [3.05, 3.63) is 48.0 Å². The molecule has 0 saturated heterocycles. The number of hydrogen-bond donors (Lipinski definition) is 1. The molecule has 1 aromatic heterocycles. The summed E-state index contributed by atoms with van der Waals surface area (Å²) in [5.74, 6) is -1.25. The van der Waals surface area contributed by atoms with Crippen LogP contribution in [0.1, 0.15) is 0 Å². The maximum atomic E-state index is 13.6. The largest absolute Gasteiger partial charge is 0.436 e. The van der Waals surface area contributed by atoms with Crippen LogP contribution in [0.4, 0.5) is 14.5 Å². The Balaban J connectivity index is 2.19. The van der Waals surface area contributed by atoms with Crippen LogP contribution < -0.4 is 5.73 Å². The number of aromatic nitrogens is 1. The predicted octanol–water partition coefficient (Wildman–Crippen LogP) is 3.36. The molecule has 5 heteroatoms. The molecule has 0 bridgehead atoms. The fourth-order valence-corrected chi connectivity index (χ4v) is 1.72. The van der Waals surface area contributed by atoms with E-state index in [0.29, 0.717) is 16.8 Å². The Kier molecular flexibility index (Phi) is 2.26. The zero-order valence-corrected chi connectivity index (χ0v) is 9.15. The first-order valence-corrected chi connectivity index (χ1v) is 5.25. The third-order valence-electron chi connectivity index (χ3n) is 2.57. The number of nitrogens with two attached hydrogens (primary N) is 1. The quantitative estimate of drug-likeness (QED) is 0.670. The number of fused-ring (bicyclic) bond motifs is 1. The van der Waals surface area contributed by atoms with Crippen molar-refractivity contribution in [1.29, 1.82) is 0 Å². The van der Waals surface area contributed by atoms with E-state index in [2.05, 4.69) is 4.98 Å². The van der Waals surface area contributed by atoms with Crippen molar-refractivity contribution in [3.8, 4) is 11.5 Å². The van der Waals surface area contributed by atoms with E-state index in [9.17, 15) is 8.78 Å². The summed E-state index contributed by atoms with van der Waals surface area (Å²) in [6, 6.07) is 8.20. The molecule has 0 aliphatic carbocycles. The van der Waals surface area contributed by atoms with Gasteiger partial charge in [0.15, 0.2) is 5.58 Å². The van der Waals surface area contributed by atoms with Crippen LogP contribution in [-0.4, -0.2) is 4.98 Å². The van der Waals surface area contributed by atoms with Gasteiger partial charge in [0, 0.05) is 17.8 Å². The SMILES string of the molecule is Nc1ccc2nc(-c3ccc(F)cc3F)oc2c1. The summed E-state index contributed by atoms with van der Waals surface area (Å²) >= 11 is 0. The van der Waals surface area contributed by atoms with Crippen LogP contribution in [0.2, 0.25) is 0 Å². The average Bonchev–Trinajstić information content (AvgIpc) is 2.71. The number of rotatable bonds is 1. The van der Waals surface area contributed by atoms with Crippen molar-refractivity contribution < 1.29 is 13.2 Å². The van der Waals surface area contributed by atoms with E-state index < -0.39 is 11.6 Å². The molecule has 0 radical (unpaired) electrons. The molecule has 0 atom stereocenters. The lowest BCUT2D eigenvalue weighted by atomic mass is 10.2. The minimum Gasteiger partial charge on any atom is -0.436 e. The van der Waals surface area contributed by atoms with Gasteiger partial charge in [-0.05, 0) is 24.3 Å². The lowest BCUT2D eigenvalue weighted by molar-refractivity contribution is 0.572. The Morgan fingerprint density at radius 3 is 2.67 bits per heavy atom. The number of halogens is 2. The molecule has 3 rings (SSSR count). The number of nitrogen functional groups attached to an aromatic ring is 1. The molecule has 0 amide bonds. The van der Waals surface area contributed by atoms with Crippen LogP contribution in [0.25, 0.3) is 22.6 Å². The van der Waals surface area contributed by atoms with Gasteiger partial charge in [-0.25, -0.2) is 13.8 Å². The van der Waals surface area contributed by atoms with Crippen LogP contribution in [-0.2, 0) is 0 Å². The van der Waals surface area contributed by atoms with E-state index >= 15 is 0 Å². The summed E-state index contributed by atoms with van der Waals surface area (Å²) < 4.78 is 31.8. The highest BCUT2D eigenvalue weighted by Crippen LogP contribution is 2.27. The molecule has 0 spiro atoms. The van der Waals surface area contributed by atoms with E-state index in [1.165, 1.54) is 6.07 Å². The molecule has 90 valence electrons. The second kappa shape index (κ2) is 3.80. The van der Waals surface area contributed by atoms with Gasteiger partial charge in [0.25, 0.3) is 0 Å². The van der Waals surface area contributed by atoms with Gasteiger partial charge in [0.1, 0.15) is 17.2 Å².